The SMILES string of the molecule is COCc1ccccc1NC(=O)NC1CCOC1. The van der Waals surface area contributed by atoms with Crippen LogP contribution in [0.1, 0.15) is 12.0 Å². The first-order valence-corrected chi connectivity index (χ1v) is 6.01. The molecule has 18 heavy (non-hydrogen) atoms. The van der Waals surface area contributed by atoms with Gasteiger partial charge in [-0.3, -0.25) is 0 Å². The van der Waals surface area contributed by atoms with E-state index in [2.05, 4.69) is 10.6 Å². The average molecular weight is 250 g/mol. The Morgan fingerprint density at radius 3 is 3.06 bits per heavy atom. The van der Waals surface area contributed by atoms with Gasteiger partial charge in [0.25, 0.3) is 0 Å². The summed E-state index contributed by atoms with van der Waals surface area (Å²) in [5.74, 6) is 0. The van der Waals surface area contributed by atoms with Gasteiger partial charge in [-0.2, -0.15) is 0 Å². The zero-order valence-corrected chi connectivity index (χ0v) is 10.4. The molecule has 0 aliphatic carbocycles. The first kappa shape index (κ1) is 12.9. The van der Waals surface area contributed by atoms with Crippen LogP contribution < -0.4 is 10.6 Å². The first-order valence-electron chi connectivity index (χ1n) is 6.01. The number of hydrogen-bond acceptors (Lipinski definition) is 3. The summed E-state index contributed by atoms with van der Waals surface area (Å²) in [5, 5.41) is 5.72. The predicted octanol–water partition coefficient (Wildman–Crippen LogP) is 1.74. The highest BCUT2D eigenvalue weighted by molar-refractivity contribution is 5.90. The van der Waals surface area contributed by atoms with Crippen molar-refractivity contribution in [2.24, 2.45) is 0 Å². The number of rotatable bonds is 4. The second kappa shape index (κ2) is 6.37. The highest BCUT2D eigenvalue weighted by Gasteiger charge is 2.17. The van der Waals surface area contributed by atoms with E-state index in [0.717, 1.165) is 17.7 Å². The van der Waals surface area contributed by atoms with Gasteiger partial charge in [-0.25, -0.2) is 4.79 Å². The highest BCUT2D eigenvalue weighted by Crippen LogP contribution is 2.15. The molecule has 2 amide bonds. The van der Waals surface area contributed by atoms with Crippen molar-refractivity contribution in [3.05, 3.63) is 29.8 Å². The molecule has 1 saturated heterocycles. The van der Waals surface area contributed by atoms with Crippen LogP contribution in [0.15, 0.2) is 24.3 Å². The Bertz CT molecular complexity index is 403. The third kappa shape index (κ3) is 3.45. The van der Waals surface area contributed by atoms with Crippen molar-refractivity contribution in [3.8, 4) is 0 Å². The molecule has 98 valence electrons. The molecule has 1 aliphatic heterocycles. The number of carbonyl (C=O) groups is 1. The van der Waals surface area contributed by atoms with Crippen LogP contribution in [0.3, 0.4) is 0 Å². The maximum absolute atomic E-state index is 11.8. The fourth-order valence-electron chi connectivity index (χ4n) is 1.92. The number of nitrogens with one attached hydrogen (secondary N) is 2. The number of carbonyl (C=O) groups excluding carboxylic acids is 1. The Morgan fingerprint density at radius 1 is 1.50 bits per heavy atom. The molecular weight excluding hydrogens is 232 g/mol. The van der Waals surface area contributed by atoms with Gasteiger partial charge in [-0.15, -0.1) is 0 Å². The fraction of sp³-hybridized carbons (Fsp3) is 0.462. The standard InChI is InChI=1S/C13H18N2O3/c1-17-8-10-4-2-3-5-12(10)15-13(16)14-11-6-7-18-9-11/h2-5,11H,6-9H2,1H3,(H2,14,15,16). The quantitative estimate of drug-likeness (QED) is 0.855. The molecule has 5 heteroatoms. The summed E-state index contributed by atoms with van der Waals surface area (Å²) in [7, 11) is 1.63. The van der Waals surface area contributed by atoms with Crippen molar-refractivity contribution < 1.29 is 14.3 Å². The maximum Gasteiger partial charge on any atom is 0.319 e. The third-order valence-electron chi connectivity index (χ3n) is 2.83. The molecule has 1 aromatic rings. The Hall–Kier alpha value is -1.59. The molecule has 1 aromatic carbocycles. The van der Waals surface area contributed by atoms with Gasteiger partial charge < -0.3 is 20.1 Å². The third-order valence-corrected chi connectivity index (χ3v) is 2.83. The van der Waals surface area contributed by atoms with Crippen LogP contribution in [0.4, 0.5) is 10.5 Å². The second-order valence-corrected chi connectivity index (χ2v) is 4.25. The first-order chi connectivity index (χ1) is 8.79. The van der Waals surface area contributed by atoms with Crippen LogP contribution in [0.25, 0.3) is 0 Å². The molecule has 0 bridgehead atoms. The van der Waals surface area contributed by atoms with Gasteiger partial charge in [0.1, 0.15) is 0 Å². The van der Waals surface area contributed by atoms with E-state index >= 15 is 0 Å². The molecule has 1 unspecified atom stereocenters. The second-order valence-electron chi connectivity index (χ2n) is 4.25. The molecule has 1 heterocycles. The summed E-state index contributed by atoms with van der Waals surface area (Å²) >= 11 is 0. The maximum atomic E-state index is 11.8. The minimum absolute atomic E-state index is 0.111. The number of amides is 2. The van der Waals surface area contributed by atoms with E-state index in [-0.39, 0.29) is 12.1 Å². The van der Waals surface area contributed by atoms with Gasteiger partial charge in [0.15, 0.2) is 0 Å². The van der Waals surface area contributed by atoms with Crippen molar-refractivity contribution in [1.82, 2.24) is 5.32 Å². The molecule has 2 N–H and O–H groups in total. The lowest BCUT2D eigenvalue weighted by Crippen LogP contribution is -2.38. The summed E-state index contributed by atoms with van der Waals surface area (Å²) < 4.78 is 10.3. The number of urea groups is 1. The van der Waals surface area contributed by atoms with Crippen LogP contribution in [-0.4, -0.2) is 32.4 Å². The number of benzene rings is 1. The van der Waals surface area contributed by atoms with Crippen molar-refractivity contribution in [2.75, 3.05) is 25.6 Å². The van der Waals surface area contributed by atoms with Gasteiger partial charge in [-0.05, 0) is 12.5 Å². The van der Waals surface area contributed by atoms with E-state index in [9.17, 15) is 4.79 Å². The van der Waals surface area contributed by atoms with E-state index in [0.29, 0.717) is 19.8 Å². The van der Waals surface area contributed by atoms with E-state index in [1.54, 1.807) is 7.11 Å². The molecular formula is C13H18N2O3. The normalized spacial score (nSPS) is 18.6. The summed E-state index contributed by atoms with van der Waals surface area (Å²) in [6.07, 6.45) is 0.868. The molecule has 1 atom stereocenters. The van der Waals surface area contributed by atoms with Crippen LogP contribution in [0.2, 0.25) is 0 Å². The number of methoxy groups -OCH3 is 1. The van der Waals surface area contributed by atoms with E-state index in [4.69, 9.17) is 9.47 Å². The average Bonchev–Trinajstić information content (AvgIpc) is 2.84. The number of hydrogen-bond donors (Lipinski definition) is 2. The fourth-order valence-corrected chi connectivity index (χ4v) is 1.92. The molecule has 5 nitrogen and oxygen atoms in total. The van der Waals surface area contributed by atoms with Crippen molar-refractivity contribution in [1.29, 1.82) is 0 Å². The smallest absolute Gasteiger partial charge is 0.319 e. The largest absolute Gasteiger partial charge is 0.380 e. The highest BCUT2D eigenvalue weighted by atomic mass is 16.5. The summed E-state index contributed by atoms with van der Waals surface area (Å²) in [4.78, 5) is 11.8. The van der Waals surface area contributed by atoms with Crippen LogP contribution >= 0.6 is 0 Å². The lowest BCUT2D eigenvalue weighted by molar-refractivity contribution is 0.185. The van der Waals surface area contributed by atoms with E-state index in [1.165, 1.54) is 0 Å². The summed E-state index contributed by atoms with van der Waals surface area (Å²) in [5.41, 5.74) is 1.73. The topological polar surface area (TPSA) is 59.6 Å². The molecule has 0 spiro atoms. The molecule has 2 rings (SSSR count). The molecule has 1 aliphatic rings. The van der Waals surface area contributed by atoms with E-state index < -0.39 is 0 Å². The minimum atomic E-state index is -0.200. The number of anilines is 1. The van der Waals surface area contributed by atoms with Crippen molar-refractivity contribution in [3.63, 3.8) is 0 Å². The van der Waals surface area contributed by atoms with Crippen LogP contribution in [0, 0.1) is 0 Å². The van der Waals surface area contributed by atoms with Gasteiger partial charge in [0.2, 0.25) is 0 Å². The number of para-hydroxylation sites is 1. The molecule has 0 saturated carbocycles. The van der Waals surface area contributed by atoms with Crippen molar-refractivity contribution >= 4 is 11.7 Å². The number of ether oxygens (including phenoxy) is 2. The van der Waals surface area contributed by atoms with Crippen LogP contribution in [-0.2, 0) is 16.1 Å². The Morgan fingerprint density at radius 2 is 2.33 bits per heavy atom. The molecule has 0 radical (unpaired) electrons. The van der Waals surface area contributed by atoms with E-state index in [1.807, 2.05) is 24.3 Å². The van der Waals surface area contributed by atoms with Gasteiger partial charge in [0.05, 0.1) is 19.3 Å². The summed E-state index contributed by atoms with van der Waals surface area (Å²) in [6.45, 7) is 1.78. The molecule has 0 aromatic heterocycles. The van der Waals surface area contributed by atoms with Crippen molar-refractivity contribution in [2.45, 2.75) is 19.1 Å². The Balaban J connectivity index is 1.93. The van der Waals surface area contributed by atoms with Gasteiger partial charge >= 0.3 is 6.03 Å². The zero-order chi connectivity index (χ0) is 12.8. The minimum Gasteiger partial charge on any atom is -0.380 e. The zero-order valence-electron chi connectivity index (χ0n) is 10.4. The van der Waals surface area contributed by atoms with Crippen LogP contribution in [0.5, 0.6) is 0 Å². The van der Waals surface area contributed by atoms with Gasteiger partial charge in [0, 0.05) is 25.0 Å². The Labute approximate surface area is 106 Å². The van der Waals surface area contributed by atoms with Gasteiger partial charge in [-0.1, -0.05) is 18.2 Å². The monoisotopic (exact) mass is 250 g/mol. The lowest BCUT2D eigenvalue weighted by atomic mass is 10.2. The lowest BCUT2D eigenvalue weighted by Gasteiger charge is -2.14. The summed E-state index contributed by atoms with van der Waals surface area (Å²) in [6, 6.07) is 7.50. The predicted molar refractivity (Wildman–Crippen MR) is 68.5 cm³/mol. The molecule has 1 fully saturated rings. The Kier molecular flexibility index (Phi) is 4.55.